The average molecular weight is 643 g/mol. The maximum atomic E-state index is 14.8. The first-order chi connectivity index (χ1) is 22.0. The minimum atomic E-state index is -3.76. The van der Waals surface area contributed by atoms with Crippen LogP contribution in [-0.2, 0) is 10.0 Å². The van der Waals surface area contributed by atoms with Crippen LogP contribution in [0.15, 0.2) is 77.2 Å². The van der Waals surface area contributed by atoms with Crippen molar-refractivity contribution in [1.29, 1.82) is 0 Å². The number of fused-ring (bicyclic) bond motifs is 6. The van der Waals surface area contributed by atoms with E-state index in [9.17, 15) is 22.0 Å². The number of amides is 1. The summed E-state index contributed by atoms with van der Waals surface area (Å²) >= 11 is 0. The van der Waals surface area contributed by atoms with Crippen LogP contribution in [0.4, 0.5) is 14.5 Å². The van der Waals surface area contributed by atoms with E-state index in [4.69, 9.17) is 14.1 Å². The van der Waals surface area contributed by atoms with E-state index in [2.05, 4.69) is 5.32 Å². The highest BCUT2D eigenvalue weighted by molar-refractivity contribution is 7.92. The van der Waals surface area contributed by atoms with Crippen molar-refractivity contribution in [2.75, 3.05) is 31.3 Å². The Hall–Kier alpha value is -5.23. The van der Waals surface area contributed by atoms with Gasteiger partial charge >= 0.3 is 0 Å². The van der Waals surface area contributed by atoms with Crippen molar-refractivity contribution in [3.63, 3.8) is 0 Å². The molecule has 7 rings (SSSR count). The van der Waals surface area contributed by atoms with E-state index >= 15 is 0 Å². The molecular weight excluding hydrogens is 614 g/mol. The summed E-state index contributed by atoms with van der Waals surface area (Å²) < 4.78 is 69.6. The second kappa shape index (κ2) is 10.7. The van der Waals surface area contributed by atoms with Crippen molar-refractivity contribution in [3.8, 4) is 39.7 Å². The van der Waals surface area contributed by atoms with E-state index in [1.165, 1.54) is 20.2 Å². The molecule has 234 valence electrons. The van der Waals surface area contributed by atoms with E-state index in [-0.39, 0.29) is 28.3 Å². The second-order valence-corrected chi connectivity index (χ2v) is 13.2. The first-order valence-corrected chi connectivity index (χ1v) is 16.2. The molecule has 4 heterocycles. The quantitative estimate of drug-likeness (QED) is 0.213. The van der Waals surface area contributed by atoms with Crippen LogP contribution in [0.1, 0.15) is 22.1 Å². The number of halogens is 2. The van der Waals surface area contributed by atoms with Gasteiger partial charge in [-0.15, -0.1) is 0 Å². The second-order valence-electron chi connectivity index (χ2n) is 11.2. The van der Waals surface area contributed by atoms with Crippen LogP contribution in [0.3, 0.4) is 0 Å². The summed E-state index contributed by atoms with van der Waals surface area (Å²) in [6.45, 7) is 1.09. The fraction of sp³-hybridized carbons (Fsp3) is 0.176. The highest BCUT2D eigenvalue weighted by Crippen LogP contribution is 2.45. The predicted molar refractivity (Wildman–Crippen MR) is 173 cm³/mol. The van der Waals surface area contributed by atoms with Crippen LogP contribution in [0.2, 0.25) is 0 Å². The lowest BCUT2D eigenvalue weighted by Crippen LogP contribution is -2.25. The Kier molecular flexibility index (Phi) is 6.85. The van der Waals surface area contributed by atoms with Crippen molar-refractivity contribution < 1.29 is 31.1 Å². The molecule has 0 saturated heterocycles. The molecule has 1 N–H and O–H groups in total. The number of aryl methyl sites for hydroxylation is 1. The van der Waals surface area contributed by atoms with Crippen LogP contribution in [0.5, 0.6) is 5.75 Å². The number of carbonyl (C=O) groups is 1. The fourth-order valence-electron chi connectivity index (χ4n) is 5.92. The Labute approximate surface area is 263 Å². The number of sulfonamides is 1. The highest BCUT2D eigenvalue weighted by Gasteiger charge is 2.31. The Bertz CT molecular complexity index is 2310. The monoisotopic (exact) mass is 642 g/mol. The number of anilines is 1. The van der Waals surface area contributed by atoms with Crippen LogP contribution in [-0.4, -0.2) is 50.9 Å². The molecule has 0 fully saturated rings. The van der Waals surface area contributed by atoms with Crippen molar-refractivity contribution in [2.45, 2.75) is 13.2 Å². The standard InChI is InChI=1S/C34H28F2N4O5S/c1-18-8-10-19(11-9-18)33-31(34(41)37-2)22-14-21(26(16-29(22)45-33)39(3)46(4,42)43)24-12-13-28-32(38-24)27-15-20-23(36)6-5-7-25(20)40(27)30(17-35)44-28/h5-16,30H,17H2,1-4H3,(H,37,41). The van der Waals surface area contributed by atoms with Gasteiger partial charge in [0.2, 0.25) is 16.3 Å². The first-order valence-electron chi connectivity index (χ1n) is 14.4. The Morgan fingerprint density at radius 2 is 1.83 bits per heavy atom. The van der Waals surface area contributed by atoms with Crippen molar-refractivity contribution in [1.82, 2.24) is 14.9 Å². The molecule has 1 amide bonds. The fourth-order valence-corrected chi connectivity index (χ4v) is 6.43. The van der Waals surface area contributed by atoms with Crippen molar-refractivity contribution in [2.24, 2.45) is 0 Å². The number of benzene rings is 3. The number of furan rings is 1. The topological polar surface area (TPSA) is 107 Å². The van der Waals surface area contributed by atoms with Crippen molar-refractivity contribution >= 4 is 43.5 Å². The highest BCUT2D eigenvalue weighted by atomic mass is 32.2. The van der Waals surface area contributed by atoms with Crippen LogP contribution in [0.25, 0.3) is 55.8 Å². The smallest absolute Gasteiger partial charge is 0.255 e. The number of pyridine rings is 1. The molecule has 1 aliphatic heterocycles. The van der Waals surface area contributed by atoms with E-state index in [1.807, 2.05) is 31.2 Å². The van der Waals surface area contributed by atoms with E-state index < -0.39 is 28.7 Å². The molecule has 0 aliphatic carbocycles. The molecular formula is C34H28F2N4O5S. The SMILES string of the molecule is CNC(=O)c1c(-c2ccc(C)cc2)oc2cc(N(C)S(C)(=O)=O)c(-c3ccc4c(n3)-c3cc5c(F)cccc5n3C(CF)O4)cc12. The number of hydrogen-bond acceptors (Lipinski definition) is 6. The molecule has 1 aliphatic rings. The molecule has 0 radical (unpaired) electrons. The lowest BCUT2D eigenvalue weighted by molar-refractivity contribution is 0.0964. The molecule has 0 spiro atoms. The third kappa shape index (κ3) is 4.59. The van der Waals surface area contributed by atoms with Gasteiger partial charge in [0.1, 0.15) is 35.3 Å². The third-order valence-corrected chi connectivity index (χ3v) is 9.49. The van der Waals surface area contributed by atoms with E-state index in [0.29, 0.717) is 50.5 Å². The van der Waals surface area contributed by atoms with E-state index in [1.54, 1.807) is 47.0 Å². The van der Waals surface area contributed by atoms with Gasteiger partial charge < -0.3 is 19.0 Å². The molecule has 46 heavy (non-hydrogen) atoms. The summed E-state index contributed by atoms with van der Waals surface area (Å²) in [6, 6.07) is 20.2. The molecule has 3 aromatic carbocycles. The molecule has 0 saturated carbocycles. The number of ether oxygens (including phenoxy) is 1. The zero-order valence-electron chi connectivity index (χ0n) is 25.3. The number of alkyl halides is 1. The molecule has 0 bridgehead atoms. The number of carbonyl (C=O) groups excluding carboxylic acids is 1. The summed E-state index contributed by atoms with van der Waals surface area (Å²) in [5.41, 5.74) is 4.47. The Morgan fingerprint density at radius 3 is 2.52 bits per heavy atom. The third-order valence-electron chi connectivity index (χ3n) is 8.30. The molecule has 1 unspecified atom stereocenters. The van der Waals surface area contributed by atoms with Gasteiger partial charge in [0.25, 0.3) is 5.91 Å². The number of nitrogens with zero attached hydrogens (tertiary/aromatic N) is 3. The lowest BCUT2D eigenvalue weighted by Gasteiger charge is -2.28. The Morgan fingerprint density at radius 1 is 1.07 bits per heavy atom. The minimum Gasteiger partial charge on any atom is -0.465 e. The van der Waals surface area contributed by atoms with Gasteiger partial charge in [0.05, 0.1) is 34.4 Å². The zero-order chi connectivity index (χ0) is 32.5. The predicted octanol–water partition coefficient (Wildman–Crippen LogP) is 6.85. The summed E-state index contributed by atoms with van der Waals surface area (Å²) in [6.07, 6.45) is 0.0497. The average Bonchev–Trinajstić information content (AvgIpc) is 3.63. The normalized spacial score (nSPS) is 14.2. The van der Waals surface area contributed by atoms with Gasteiger partial charge in [0.15, 0.2) is 0 Å². The lowest BCUT2D eigenvalue weighted by atomic mass is 10.00. The number of aromatic nitrogens is 2. The van der Waals surface area contributed by atoms with Crippen molar-refractivity contribution in [3.05, 3.63) is 89.7 Å². The van der Waals surface area contributed by atoms with Gasteiger partial charge in [-0.2, -0.15) is 0 Å². The zero-order valence-corrected chi connectivity index (χ0v) is 26.1. The van der Waals surface area contributed by atoms with Gasteiger partial charge in [-0.1, -0.05) is 35.9 Å². The molecule has 1 atom stereocenters. The summed E-state index contributed by atoms with van der Waals surface area (Å²) in [5, 5.41) is 3.41. The molecule has 9 nitrogen and oxygen atoms in total. The summed E-state index contributed by atoms with van der Waals surface area (Å²) in [7, 11) is -0.830. The van der Waals surface area contributed by atoms with E-state index in [0.717, 1.165) is 16.1 Å². The van der Waals surface area contributed by atoms with Crippen LogP contribution in [0, 0.1) is 12.7 Å². The number of rotatable bonds is 6. The maximum Gasteiger partial charge on any atom is 0.255 e. The Balaban J connectivity index is 1.50. The minimum absolute atomic E-state index is 0.250. The summed E-state index contributed by atoms with van der Waals surface area (Å²) in [5.74, 6) is -0.240. The van der Waals surface area contributed by atoms with Crippen LogP contribution < -0.4 is 14.4 Å². The first kappa shape index (κ1) is 29.5. The van der Waals surface area contributed by atoms with Gasteiger partial charge in [-0.25, -0.2) is 22.2 Å². The maximum absolute atomic E-state index is 14.8. The molecule has 3 aromatic heterocycles. The summed E-state index contributed by atoms with van der Waals surface area (Å²) in [4.78, 5) is 18.2. The molecule has 6 aromatic rings. The van der Waals surface area contributed by atoms with Gasteiger partial charge in [-0.05, 0) is 43.3 Å². The van der Waals surface area contributed by atoms with Gasteiger partial charge in [0, 0.05) is 42.1 Å². The largest absolute Gasteiger partial charge is 0.465 e. The van der Waals surface area contributed by atoms with Crippen LogP contribution >= 0.6 is 0 Å². The van der Waals surface area contributed by atoms with Gasteiger partial charge in [-0.3, -0.25) is 9.10 Å². The number of hydrogen-bond donors (Lipinski definition) is 1. The number of nitrogens with one attached hydrogen (secondary N) is 1. The molecule has 12 heteroatoms.